The summed E-state index contributed by atoms with van der Waals surface area (Å²) in [4.78, 5) is 14.7. The van der Waals surface area contributed by atoms with Gasteiger partial charge in [0, 0.05) is 11.4 Å². The number of halogens is 1. The number of carbonyl (C=O) groups is 1. The van der Waals surface area contributed by atoms with Gasteiger partial charge < -0.3 is 10.6 Å². The Kier molecular flexibility index (Phi) is 5.25. The summed E-state index contributed by atoms with van der Waals surface area (Å²) in [7, 11) is 0. The number of hydrogen-bond donors (Lipinski definition) is 1. The molecule has 2 N–H and O–H groups in total. The molecule has 0 saturated carbocycles. The lowest BCUT2D eigenvalue weighted by atomic mass is 10.2. The van der Waals surface area contributed by atoms with Crippen LogP contribution in [-0.4, -0.2) is 23.4 Å². The van der Waals surface area contributed by atoms with E-state index in [4.69, 9.17) is 17.3 Å². The monoisotopic (exact) mass is 260 g/mol. The van der Waals surface area contributed by atoms with Crippen molar-refractivity contribution in [1.29, 1.82) is 0 Å². The Balaban J connectivity index is 2.65. The molecular weight excluding hydrogens is 244 g/mol. The summed E-state index contributed by atoms with van der Waals surface area (Å²) in [5.74, 6) is 0.00882. The van der Waals surface area contributed by atoms with E-state index in [0.29, 0.717) is 19.5 Å². The van der Waals surface area contributed by atoms with E-state index in [0.717, 1.165) is 9.21 Å². The predicted molar refractivity (Wildman–Crippen MR) is 68.7 cm³/mol. The van der Waals surface area contributed by atoms with Crippen molar-refractivity contribution < 1.29 is 4.79 Å². The van der Waals surface area contributed by atoms with E-state index in [-0.39, 0.29) is 5.91 Å². The third-order valence-electron chi connectivity index (χ3n) is 2.43. The molecule has 1 aromatic heterocycles. The van der Waals surface area contributed by atoms with Crippen LogP contribution in [0.1, 0.15) is 25.1 Å². The topological polar surface area (TPSA) is 46.3 Å². The van der Waals surface area contributed by atoms with Crippen LogP contribution in [0.15, 0.2) is 12.1 Å². The Morgan fingerprint density at radius 1 is 1.56 bits per heavy atom. The molecule has 0 saturated heterocycles. The van der Waals surface area contributed by atoms with Crippen molar-refractivity contribution in [2.75, 3.05) is 6.54 Å². The Labute approximate surface area is 105 Å². The van der Waals surface area contributed by atoms with Crippen LogP contribution < -0.4 is 5.73 Å². The average molecular weight is 261 g/mol. The molecule has 1 atom stereocenters. The van der Waals surface area contributed by atoms with Gasteiger partial charge in [-0.3, -0.25) is 4.79 Å². The van der Waals surface area contributed by atoms with E-state index in [1.165, 1.54) is 11.3 Å². The zero-order chi connectivity index (χ0) is 12.1. The third kappa shape index (κ3) is 3.47. The van der Waals surface area contributed by atoms with Gasteiger partial charge in [0.15, 0.2) is 0 Å². The number of nitrogens with two attached hydrogens (primary N) is 1. The fourth-order valence-electron chi connectivity index (χ4n) is 1.38. The fourth-order valence-corrected chi connectivity index (χ4v) is 2.48. The highest BCUT2D eigenvalue weighted by Gasteiger charge is 2.18. The molecule has 0 aliphatic heterocycles. The summed E-state index contributed by atoms with van der Waals surface area (Å²) in [6.07, 6.45) is 0.667. The number of nitrogens with zero attached hydrogens (tertiary/aromatic N) is 1. The maximum absolute atomic E-state index is 11.9. The second kappa shape index (κ2) is 6.23. The Hall–Kier alpha value is -0.580. The van der Waals surface area contributed by atoms with Gasteiger partial charge in [-0.15, -0.1) is 11.3 Å². The molecule has 1 aromatic rings. The quantitative estimate of drug-likeness (QED) is 0.884. The number of carbonyl (C=O) groups excluding carboxylic acids is 1. The normalized spacial score (nSPS) is 12.5. The molecule has 1 amide bonds. The number of likely N-dealkylation sites (N-methyl/N-ethyl adjacent to an activating group) is 1. The first-order chi connectivity index (χ1) is 7.58. The van der Waals surface area contributed by atoms with E-state index in [1.807, 2.05) is 26.0 Å². The van der Waals surface area contributed by atoms with Gasteiger partial charge in [-0.25, -0.2) is 0 Å². The molecule has 3 nitrogen and oxygen atoms in total. The van der Waals surface area contributed by atoms with Crippen LogP contribution in [0, 0.1) is 0 Å². The van der Waals surface area contributed by atoms with Gasteiger partial charge in [0.05, 0.1) is 16.9 Å². The molecule has 0 radical (unpaired) electrons. The van der Waals surface area contributed by atoms with Gasteiger partial charge in [-0.05, 0) is 25.5 Å². The van der Waals surface area contributed by atoms with E-state index < -0.39 is 6.04 Å². The maximum atomic E-state index is 11.9. The van der Waals surface area contributed by atoms with Gasteiger partial charge in [0.2, 0.25) is 5.91 Å². The number of hydrogen-bond acceptors (Lipinski definition) is 3. The highest BCUT2D eigenvalue weighted by molar-refractivity contribution is 7.16. The molecule has 0 unspecified atom stereocenters. The largest absolute Gasteiger partial charge is 0.336 e. The van der Waals surface area contributed by atoms with E-state index in [1.54, 1.807) is 4.90 Å². The van der Waals surface area contributed by atoms with Crippen LogP contribution in [-0.2, 0) is 11.3 Å². The van der Waals surface area contributed by atoms with Gasteiger partial charge >= 0.3 is 0 Å². The minimum atomic E-state index is -0.393. The van der Waals surface area contributed by atoms with Gasteiger partial charge in [0.1, 0.15) is 0 Å². The number of rotatable bonds is 5. The van der Waals surface area contributed by atoms with Crippen LogP contribution in [0.25, 0.3) is 0 Å². The minimum Gasteiger partial charge on any atom is -0.336 e. The van der Waals surface area contributed by atoms with E-state index in [9.17, 15) is 4.79 Å². The summed E-state index contributed by atoms with van der Waals surface area (Å²) in [5, 5.41) is 0. The third-order valence-corrected chi connectivity index (χ3v) is 3.64. The first kappa shape index (κ1) is 13.5. The first-order valence-electron chi connectivity index (χ1n) is 5.37. The molecule has 1 rings (SSSR count). The molecule has 90 valence electrons. The lowest BCUT2D eigenvalue weighted by molar-refractivity contribution is -0.133. The smallest absolute Gasteiger partial charge is 0.239 e. The maximum Gasteiger partial charge on any atom is 0.239 e. The summed E-state index contributed by atoms with van der Waals surface area (Å²) >= 11 is 7.35. The highest BCUT2D eigenvalue weighted by atomic mass is 35.5. The van der Waals surface area contributed by atoms with Crippen molar-refractivity contribution in [1.82, 2.24) is 4.90 Å². The standard InChI is InChI=1S/C11H17ClN2OS/c1-3-9(13)11(15)14(4-2)7-8-5-6-10(12)16-8/h5-6,9H,3-4,7,13H2,1-2H3/t9-/m0/s1. The molecule has 0 fully saturated rings. The minimum absolute atomic E-state index is 0.00882. The zero-order valence-electron chi connectivity index (χ0n) is 9.57. The number of amides is 1. The van der Waals surface area contributed by atoms with Crippen LogP contribution in [0.4, 0.5) is 0 Å². The summed E-state index contributed by atoms with van der Waals surface area (Å²) < 4.78 is 0.748. The molecule has 0 aliphatic carbocycles. The zero-order valence-corrected chi connectivity index (χ0v) is 11.1. The van der Waals surface area contributed by atoms with E-state index >= 15 is 0 Å². The van der Waals surface area contributed by atoms with Gasteiger partial charge in [-0.1, -0.05) is 18.5 Å². The van der Waals surface area contributed by atoms with Crippen LogP contribution in [0.5, 0.6) is 0 Å². The lowest BCUT2D eigenvalue weighted by Crippen LogP contribution is -2.42. The van der Waals surface area contributed by atoms with Gasteiger partial charge in [0.25, 0.3) is 0 Å². The highest BCUT2D eigenvalue weighted by Crippen LogP contribution is 2.22. The van der Waals surface area contributed by atoms with E-state index in [2.05, 4.69) is 0 Å². The first-order valence-corrected chi connectivity index (χ1v) is 6.56. The fraction of sp³-hybridized carbons (Fsp3) is 0.545. The van der Waals surface area contributed by atoms with Crippen LogP contribution in [0.2, 0.25) is 4.34 Å². The van der Waals surface area contributed by atoms with Crippen molar-refractivity contribution in [3.63, 3.8) is 0 Å². The van der Waals surface area contributed by atoms with Crippen molar-refractivity contribution >= 4 is 28.8 Å². The second-order valence-electron chi connectivity index (χ2n) is 3.57. The molecule has 0 aliphatic rings. The van der Waals surface area contributed by atoms with Crippen molar-refractivity contribution in [3.8, 4) is 0 Å². The van der Waals surface area contributed by atoms with Crippen LogP contribution >= 0.6 is 22.9 Å². The lowest BCUT2D eigenvalue weighted by Gasteiger charge is -2.23. The Morgan fingerprint density at radius 2 is 2.25 bits per heavy atom. The summed E-state index contributed by atoms with van der Waals surface area (Å²) in [6, 6.07) is 3.40. The van der Waals surface area contributed by atoms with Crippen molar-refractivity contribution in [2.24, 2.45) is 5.73 Å². The summed E-state index contributed by atoms with van der Waals surface area (Å²) in [5.41, 5.74) is 5.74. The molecular formula is C11H17ClN2OS. The molecule has 0 aromatic carbocycles. The summed E-state index contributed by atoms with van der Waals surface area (Å²) in [6.45, 7) is 5.14. The number of thiophene rings is 1. The molecule has 0 spiro atoms. The Morgan fingerprint density at radius 3 is 2.69 bits per heavy atom. The molecule has 0 bridgehead atoms. The van der Waals surface area contributed by atoms with Crippen LogP contribution in [0.3, 0.4) is 0 Å². The predicted octanol–water partition coefficient (Wildman–Crippen LogP) is 2.49. The molecule has 1 heterocycles. The Bertz CT molecular complexity index is 354. The molecule has 5 heteroatoms. The molecule has 16 heavy (non-hydrogen) atoms. The van der Waals surface area contributed by atoms with Crippen molar-refractivity contribution in [3.05, 3.63) is 21.3 Å². The van der Waals surface area contributed by atoms with Gasteiger partial charge in [-0.2, -0.15) is 0 Å². The second-order valence-corrected chi connectivity index (χ2v) is 5.37. The van der Waals surface area contributed by atoms with Crippen molar-refractivity contribution in [2.45, 2.75) is 32.9 Å². The average Bonchev–Trinajstić information content (AvgIpc) is 2.69. The SMILES string of the molecule is CC[C@H](N)C(=O)N(CC)Cc1ccc(Cl)s1.